The first-order valence-electron chi connectivity index (χ1n) is 11.5. The van der Waals surface area contributed by atoms with Crippen LogP contribution in [0.25, 0.3) is 11.1 Å². The highest BCUT2D eigenvalue weighted by molar-refractivity contribution is 7.10. The van der Waals surface area contributed by atoms with E-state index in [1.807, 2.05) is 50.2 Å². The van der Waals surface area contributed by atoms with E-state index in [0.717, 1.165) is 22.3 Å². The Morgan fingerprint density at radius 1 is 0.943 bits per heavy atom. The van der Waals surface area contributed by atoms with Crippen molar-refractivity contribution in [1.29, 1.82) is 0 Å². The van der Waals surface area contributed by atoms with Crippen molar-refractivity contribution in [2.75, 3.05) is 6.61 Å². The summed E-state index contributed by atoms with van der Waals surface area (Å²) in [7, 11) is 0. The average molecular weight is 493 g/mol. The third-order valence-corrected chi connectivity index (χ3v) is 6.95. The molecule has 4 rings (SSSR count). The third kappa shape index (κ3) is 5.54. The second-order valence-electron chi connectivity index (χ2n) is 8.95. The smallest absolute Gasteiger partial charge is 0.408 e. The largest absolute Gasteiger partial charge is 0.480 e. The molecule has 2 amide bonds. The molecule has 3 N–H and O–H groups in total. The number of carbonyl (C=O) groups excluding carboxylic acids is 2. The number of alkyl carbamates (subject to hydrolysis) is 1. The number of amides is 2. The lowest BCUT2D eigenvalue weighted by Gasteiger charge is -2.22. The van der Waals surface area contributed by atoms with Crippen LogP contribution in [0.5, 0.6) is 0 Å². The van der Waals surface area contributed by atoms with Crippen LogP contribution in [0.4, 0.5) is 4.79 Å². The van der Waals surface area contributed by atoms with Crippen molar-refractivity contribution in [3.8, 4) is 11.1 Å². The van der Waals surface area contributed by atoms with Crippen LogP contribution in [0.3, 0.4) is 0 Å². The first-order chi connectivity index (χ1) is 16.8. The maximum atomic E-state index is 13.0. The molecule has 0 bridgehead atoms. The second-order valence-corrected chi connectivity index (χ2v) is 9.93. The van der Waals surface area contributed by atoms with E-state index in [0.29, 0.717) is 4.88 Å². The van der Waals surface area contributed by atoms with Crippen LogP contribution < -0.4 is 10.6 Å². The molecule has 1 aliphatic rings. The molecule has 0 saturated heterocycles. The maximum Gasteiger partial charge on any atom is 0.408 e. The third-order valence-electron chi connectivity index (χ3n) is 6.02. The van der Waals surface area contributed by atoms with Crippen LogP contribution in [0.1, 0.15) is 48.2 Å². The summed E-state index contributed by atoms with van der Waals surface area (Å²) in [5.41, 5.74) is 4.43. The summed E-state index contributed by atoms with van der Waals surface area (Å²) >= 11 is 1.30. The molecule has 2 atom stereocenters. The molecule has 0 fully saturated rings. The molecular weight excluding hydrogens is 464 g/mol. The fraction of sp³-hybridized carbons (Fsp3) is 0.296. The molecule has 7 nitrogen and oxygen atoms in total. The topological polar surface area (TPSA) is 105 Å². The first-order valence-corrected chi connectivity index (χ1v) is 12.4. The highest BCUT2D eigenvalue weighted by atomic mass is 32.1. The highest BCUT2D eigenvalue weighted by Crippen LogP contribution is 2.44. The number of fused-ring (bicyclic) bond motifs is 3. The van der Waals surface area contributed by atoms with Gasteiger partial charge in [0.05, 0.1) is 0 Å². The number of rotatable bonds is 9. The van der Waals surface area contributed by atoms with Crippen molar-refractivity contribution < 1.29 is 24.2 Å². The summed E-state index contributed by atoms with van der Waals surface area (Å²) in [4.78, 5) is 38.0. The monoisotopic (exact) mass is 492 g/mol. The van der Waals surface area contributed by atoms with Crippen LogP contribution in [-0.2, 0) is 14.3 Å². The zero-order chi connectivity index (χ0) is 24.9. The van der Waals surface area contributed by atoms with E-state index < -0.39 is 30.1 Å². The van der Waals surface area contributed by atoms with Gasteiger partial charge in [0.1, 0.15) is 18.7 Å². The van der Waals surface area contributed by atoms with Crippen molar-refractivity contribution in [3.05, 3.63) is 82.0 Å². The van der Waals surface area contributed by atoms with E-state index in [4.69, 9.17) is 4.74 Å². The summed E-state index contributed by atoms with van der Waals surface area (Å²) in [6.07, 6.45) is -0.459. The molecule has 1 aliphatic carbocycles. The zero-order valence-corrected chi connectivity index (χ0v) is 20.4. The predicted octanol–water partition coefficient (Wildman–Crippen LogP) is 4.94. The molecule has 35 heavy (non-hydrogen) atoms. The van der Waals surface area contributed by atoms with Gasteiger partial charge in [-0.3, -0.25) is 4.79 Å². The van der Waals surface area contributed by atoms with Crippen molar-refractivity contribution in [1.82, 2.24) is 10.6 Å². The molecule has 182 valence electrons. The minimum absolute atomic E-state index is 0.0756. The van der Waals surface area contributed by atoms with Gasteiger partial charge in [0, 0.05) is 10.8 Å². The molecule has 0 radical (unpaired) electrons. The minimum atomic E-state index is -1.11. The van der Waals surface area contributed by atoms with E-state index >= 15 is 0 Å². The van der Waals surface area contributed by atoms with Crippen molar-refractivity contribution in [3.63, 3.8) is 0 Å². The maximum absolute atomic E-state index is 13.0. The van der Waals surface area contributed by atoms with Crippen LogP contribution >= 0.6 is 11.3 Å². The molecule has 2 aromatic carbocycles. The van der Waals surface area contributed by atoms with Gasteiger partial charge in [0.15, 0.2) is 0 Å². The molecule has 3 aromatic rings. The number of hydrogen-bond donors (Lipinski definition) is 3. The van der Waals surface area contributed by atoms with Crippen molar-refractivity contribution in [2.45, 2.75) is 38.3 Å². The van der Waals surface area contributed by atoms with Gasteiger partial charge in [-0.1, -0.05) is 68.4 Å². The van der Waals surface area contributed by atoms with Crippen LogP contribution in [0.2, 0.25) is 0 Å². The lowest BCUT2D eigenvalue weighted by molar-refractivity contribution is -0.142. The van der Waals surface area contributed by atoms with Gasteiger partial charge in [-0.15, -0.1) is 11.3 Å². The Bertz CT molecular complexity index is 1160. The van der Waals surface area contributed by atoms with E-state index in [2.05, 4.69) is 22.8 Å². The van der Waals surface area contributed by atoms with Gasteiger partial charge in [-0.05, 0) is 46.0 Å². The number of hydrogen-bond acceptors (Lipinski definition) is 5. The number of benzene rings is 2. The average Bonchev–Trinajstić information content (AvgIpc) is 3.47. The standard InChI is InChI=1S/C27H28N2O5S/c1-16(2)14-22(26(31)32)28-25(30)24(23-12-7-13-35-23)29-27(33)34-15-21-19-10-5-3-8-17(19)18-9-4-6-11-20(18)21/h3-13,16,21-22,24H,14-15H2,1-2H3,(H,28,30)(H,29,33)(H,31,32). The van der Waals surface area contributed by atoms with E-state index in [-0.39, 0.29) is 24.9 Å². The molecule has 8 heteroatoms. The number of carboxylic acid groups (broad SMARTS) is 1. The molecule has 2 unspecified atom stereocenters. The normalized spacial score (nSPS) is 14.0. The van der Waals surface area contributed by atoms with Crippen LogP contribution in [0, 0.1) is 5.92 Å². The van der Waals surface area contributed by atoms with E-state index in [1.165, 1.54) is 11.3 Å². The first kappa shape index (κ1) is 24.5. The van der Waals surface area contributed by atoms with Gasteiger partial charge < -0.3 is 20.5 Å². The summed E-state index contributed by atoms with van der Waals surface area (Å²) in [6.45, 7) is 3.88. The van der Waals surface area contributed by atoms with Crippen molar-refractivity contribution in [2.24, 2.45) is 5.92 Å². The number of ether oxygens (including phenoxy) is 1. The Morgan fingerprint density at radius 2 is 1.57 bits per heavy atom. The second kappa shape index (κ2) is 10.7. The molecule has 0 spiro atoms. The Morgan fingerprint density at radius 3 is 2.11 bits per heavy atom. The number of carbonyl (C=O) groups is 3. The van der Waals surface area contributed by atoms with Gasteiger partial charge >= 0.3 is 12.1 Å². The number of thiophene rings is 1. The van der Waals surface area contributed by atoms with Crippen LogP contribution in [0.15, 0.2) is 66.0 Å². The fourth-order valence-corrected chi connectivity index (χ4v) is 5.20. The minimum Gasteiger partial charge on any atom is -0.480 e. The SMILES string of the molecule is CC(C)CC(NC(=O)C(NC(=O)OCC1c2ccccc2-c2ccccc21)c1cccs1)C(=O)O. The summed E-state index contributed by atoms with van der Waals surface area (Å²) in [6, 6.07) is 17.5. The number of nitrogens with one attached hydrogen (secondary N) is 2. The summed E-state index contributed by atoms with van der Waals surface area (Å²) in [5.74, 6) is -1.73. The van der Waals surface area contributed by atoms with Crippen LogP contribution in [-0.4, -0.2) is 35.7 Å². The van der Waals surface area contributed by atoms with Gasteiger partial charge in [-0.2, -0.15) is 0 Å². The van der Waals surface area contributed by atoms with Gasteiger partial charge in [-0.25, -0.2) is 9.59 Å². The van der Waals surface area contributed by atoms with E-state index in [1.54, 1.807) is 17.5 Å². The quantitative estimate of drug-likeness (QED) is 0.392. The Hall–Kier alpha value is -3.65. The lowest BCUT2D eigenvalue weighted by atomic mass is 9.98. The Balaban J connectivity index is 1.46. The molecule has 1 aromatic heterocycles. The molecule has 0 aliphatic heterocycles. The molecular formula is C27H28N2O5S. The number of carboxylic acids is 1. The molecule has 0 saturated carbocycles. The summed E-state index contributed by atoms with van der Waals surface area (Å²) in [5, 5.41) is 16.5. The summed E-state index contributed by atoms with van der Waals surface area (Å²) < 4.78 is 5.59. The predicted molar refractivity (Wildman–Crippen MR) is 134 cm³/mol. The lowest BCUT2D eigenvalue weighted by Crippen LogP contribution is -2.47. The Labute approximate surface area is 208 Å². The van der Waals surface area contributed by atoms with Gasteiger partial charge in [0.25, 0.3) is 0 Å². The zero-order valence-electron chi connectivity index (χ0n) is 19.6. The van der Waals surface area contributed by atoms with E-state index in [9.17, 15) is 19.5 Å². The highest BCUT2D eigenvalue weighted by Gasteiger charge is 2.31. The molecule has 1 heterocycles. The fourth-order valence-electron chi connectivity index (χ4n) is 4.43. The van der Waals surface area contributed by atoms with Gasteiger partial charge in [0.2, 0.25) is 5.91 Å². The van der Waals surface area contributed by atoms with Crippen molar-refractivity contribution >= 4 is 29.3 Å². The number of aliphatic carboxylic acids is 1. The Kier molecular flexibility index (Phi) is 7.51.